The summed E-state index contributed by atoms with van der Waals surface area (Å²) in [6.45, 7) is 0. The van der Waals surface area contributed by atoms with Crippen LogP contribution in [0.1, 0.15) is 11.6 Å². The molecule has 3 aromatic carbocycles. The first-order chi connectivity index (χ1) is 8.81. The van der Waals surface area contributed by atoms with Crippen LogP contribution < -0.4 is 5.73 Å². The highest BCUT2D eigenvalue weighted by Crippen LogP contribution is 2.31. The van der Waals surface area contributed by atoms with E-state index in [9.17, 15) is 0 Å². The Bertz CT molecular complexity index is 711. The molecule has 0 aromatic heterocycles. The maximum atomic E-state index is 6.09. The second kappa shape index (κ2) is 4.18. The van der Waals surface area contributed by atoms with Crippen molar-refractivity contribution in [1.29, 1.82) is 0 Å². The molecule has 1 nitrogen and oxygen atoms in total. The summed E-state index contributed by atoms with van der Waals surface area (Å²) in [4.78, 5) is 0. The van der Waals surface area contributed by atoms with Gasteiger partial charge in [-0.05, 0) is 33.2 Å². The van der Waals surface area contributed by atoms with Gasteiger partial charge < -0.3 is 5.73 Å². The quantitative estimate of drug-likeness (QED) is 0.502. The SMILES string of the molecule is C#C[C@H](N)c1c2ccccc2cc2ccccc12. The van der Waals surface area contributed by atoms with Crippen molar-refractivity contribution in [3.63, 3.8) is 0 Å². The van der Waals surface area contributed by atoms with Gasteiger partial charge in [-0.25, -0.2) is 0 Å². The molecule has 3 aromatic rings. The average molecular weight is 231 g/mol. The van der Waals surface area contributed by atoms with Crippen molar-refractivity contribution in [3.05, 3.63) is 60.2 Å². The highest BCUT2D eigenvalue weighted by atomic mass is 14.6. The fraction of sp³-hybridized carbons (Fsp3) is 0.0588. The maximum Gasteiger partial charge on any atom is 0.0930 e. The van der Waals surface area contributed by atoms with Crippen LogP contribution in [0.5, 0.6) is 0 Å². The van der Waals surface area contributed by atoms with E-state index in [0.29, 0.717) is 0 Å². The fourth-order valence-electron chi connectivity index (χ4n) is 2.47. The zero-order valence-corrected chi connectivity index (χ0v) is 9.93. The molecule has 2 N–H and O–H groups in total. The van der Waals surface area contributed by atoms with Gasteiger partial charge in [-0.1, -0.05) is 54.5 Å². The predicted molar refractivity (Wildman–Crippen MR) is 77.2 cm³/mol. The van der Waals surface area contributed by atoms with Gasteiger partial charge in [0.25, 0.3) is 0 Å². The molecule has 18 heavy (non-hydrogen) atoms. The largest absolute Gasteiger partial charge is 0.314 e. The topological polar surface area (TPSA) is 26.0 Å². The van der Waals surface area contributed by atoms with Crippen LogP contribution in [-0.2, 0) is 0 Å². The number of hydrogen-bond donors (Lipinski definition) is 1. The molecule has 0 heterocycles. The first kappa shape index (κ1) is 10.8. The Morgan fingerprint density at radius 1 is 0.889 bits per heavy atom. The lowest BCUT2D eigenvalue weighted by Crippen LogP contribution is -2.08. The smallest absolute Gasteiger partial charge is 0.0930 e. The van der Waals surface area contributed by atoms with Crippen molar-refractivity contribution in [2.24, 2.45) is 5.73 Å². The zero-order valence-electron chi connectivity index (χ0n) is 9.93. The predicted octanol–water partition coefficient (Wildman–Crippen LogP) is 3.63. The normalized spacial score (nSPS) is 12.4. The van der Waals surface area contributed by atoms with Gasteiger partial charge in [0, 0.05) is 0 Å². The molecule has 0 radical (unpaired) electrons. The van der Waals surface area contributed by atoms with Crippen molar-refractivity contribution in [3.8, 4) is 12.3 Å². The van der Waals surface area contributed by atoms with Gasteiger partial charge in [0.2, 0.25) is 0 Å². The highest BCUT2D eigenvalue weighted by Gasteiger charge is 2.11. The number of nitrogens with two attached hydrogens (primary N) is 1. The van der Waals surface area contributed by atoms with E-state index in [1.165, 1.54) is 10.8 Å². The Kier molecular flexibility index (Phi) is 2.51. The van der Waals surface area contributed by atoms with Gasteiger partial charge in [0.1, 0.15) is 0 Å². The van der Waals surface area contributed by atoms with Crippen LogP contribution in [0.2, 0.25) is 0 Å². The molecule has 0 amide bonds. The molecule has 0 unspecified atom stereocenters. The number of benzene rings is 3. The molecule has 0 aliphatic carbocycles. The Balaban J connectivity index is 2.54. The molecule has 0 bridgehead atoms. The molecule has 0 saturated heterocycles. The first-order valence-electron chi connectivity index (χ1n) is 5.93. The van der Waals surface area contributed by atoms with E-state index in [0.717, 1.165) is 16.3 Å². The van der Waals surface area contributed by atoms with E-state index < -0.39 is 0 Å². The molecule has 0 fully saturated rings. The first-order valence-corrected chi connectivity index (χ1v) is 5.93. The third kappa shape index (κ3) is 1.55. The lowest BCUT2D eigenvalue weighted by molar-refractivity contribution is 0.969. The number of terminal acetylenes is 1. The summed E-state index contributed by atoms with van der Waals surface area (Å²) in [5, 5.41) is 4.64. The van der Waals surface area contributed by atoms with E-state index in [4.69, 9.17) is 12.2 Å². The Morgan fingerprint density at radius 2 is 1.39 bits per heavy atom. The van der Waals surface area contributed by atoms with Crippen molar-refractivity contribution in [2.75, 3.05) is 0 Å². The summed E-state index contributed by atoms with van der Waals surface area (Å²) >= 11 is 0. The van der Waals surface area contributed by atoms with Gasteiger partial charge in [-0.15, -0.1) is 6.42 Å². The monoisotopic (exact) mass is 231 g/mol. The van der Waals surface area contributed by atoms with Gasteiger partial charge in [0.05, 0.1) is 6.04 Å². The summed E-state index contributed by atoms with van der Waals surface area (Å²) in [6.07, 6.45) is 5.51. The van der Waals surface area contributed by atoms with Crippen molar-refractivity contribution >= 4 is 21.5 Å². The minimum absolute atomic E-state index is 0.374. The van der Waals surface area contributed by atoms with Crippen LogP contribution >= 0.6 is 0 Å². The highest BCUT2D eigenvalue weighted by molar-refractivity contribution is 6.02. The summed E-state index contributed by atoms with van der Waals surface area (Å²) in [5.74, 6) is 2.64. The second-order valence-electron chi connectivity index (χ2n) is 4.38. The van der Waals surface area contributed by atoms with Crippen LogP contribution in [0, 0.1) is 12.3 Å². The summed E-state index contributed by atoms with van der Waals surface area (Å²) < 4.78 is 0. The van der Waals surface area contributed by atoms with E-state index in [-0.39, 0.29) is 6.04 Å². The molecular formula is C17H13N. The molecule has 0 aliphatic heterocycles. The van der Waals surface area contributed by atoms with Crippen LogP contribution in [0.3, 0.4) is 0 Å². The van der Waals surface area contributed by atoms with Gasteiger partial charge in [-0.2, -0.15) is 0 Å². The van der Waals surface area contributed by atoms with Crippen LogP contribution in [0.15, 0.2) is 54.6 Å². The van der Waals surface area contributed by atoms with Crippen LogP contribution in [0.4, 0.5) is 0 Å². The zero-order chi connectivity index (χ0) is 12.5. The van der Waals surface area contributed by atoms with E-state index in [1.54, 1.807) is 0 Å². The molecule has 1 atom stereocenters. The number of hydrogen-bond acceptors (Lipinski definition) is 1. The average Bonchev–Trinajstić information content (AvgIpc) is 2.44. The minimum Gasteiger partial charge on any atom is -0.314 e. The van der Waals surface area contributed by atoms with Crippen LogP contribution in [-0.4, -0.2) is 0 Å². The molecule has 86 valence electrons. The molecule has 0 saturated carbocycles. The number of rotatable bonds is 1. The van der Waals surface area contributed by atoms with E-state index in [2.05, 4.69) is 36.3 Å². The van der Waals surface area contributed by atoms with E-state index >= 15 is 0 Å². The molecule has 0 spiro atoms. The lowest BCUT2D eigenvalue weighted by Gasteiger charge is -2.13. The third-order valence-electron chi connectivity index (χ3n) is 3.30. The molecular weight excluding hydrogens is 218 g/mol. The fourth-order valence-corrected chi connectivity index (χ4v) is 2.47. The van der Waals surface area contributed by atoms with Gasteiger partial charge in [0.15, 0.2) is 0 Å². The molecule has 1 heteroatoms. The maximum absolute atomic E-state index is 6.09. The number of fused-ring (bicyclic) bond motifs is 2. The Labute approximate surface area is 106 Å². The van der Waals surface area contributed by atoms with Crippen molar-refractivity contribution in [2.45, 2.75) is 6.04 Å². The van der Waals surface area contributed by atoms with Crippen LogP contribution in [0.25, 0.3) is 21.5 Å². The molecule has 3 rings (SSSR count). The van der Waals surface area contributed by atoms with Crippen molar-refractivity contribution in [1.82, 2.24) is 0 Å². The van der Waals surface area contributed by atoms with Gasteiger partial charge >= 0.3 is 0 Å². The van der Waals surface area contributed by atoms with E-state index in [1.807, 2.05) is 24.3 Å². The lowest BCUT2D eigenvalue weighted by atomic mass is 9.93. The Morgan fingerprint density at radius 3 is 1.89 bits per heavy atom. The summed E-state index contributed by atoms with van der Waals surface area (Å²) in [6, 6.07) is 18.2. The Hall–Kier alpha value is -2.30. The van der Waals surface area contributed by atoms with Gasteiger partial charge in [-0.3, -0.25) is 0 Å². The summed E-state index contributed by atoms with van der Waals surface area (Å²) in [5.41, 5.74) is 7.14. The second-order valence-corrected chi connectivity index (χ2v) is 4.38. The standard InChI is InChI=1S/C17H13N/c1-2-16(18)17-14-9-5-3-7-12(14)11-13-8-4-6-10-15(13)17/h1,3-11,16H,18H2/t16-/m0/s1. The minimum atomic E-state index is -0.374. The van der Waals surface area contributed by atoms with Crippen molar-refractivity contribution < 1.29 is 0 Å². The molecule has 0 aliphatic rings. The summed E-state index contributed by atoms with van der Waals surface area (Å²) in [7, 11) is 0. The third-order valence-corrected chi connectivity index (χ3v) is 3.30.